The molecule has 0 spiro atoms. The lowest BCUT2D eigenvalue weighted by Crippen LogP contribution is -2.05. The molecule has 0 bridgehead atoms. The monoisotopic (exact) mass is 386 g/mol. The summed E-state index contributed by atoms with van der Waals surface area (Å²) >= 11 is 7.64. The lowest BCUT2D eigenvalue weighted by Gasteiger charge is -2.11. The average Bonchev–Trinajstić information content (AvgIpc) is 3.12. The Kier molecular flexibility index (Phi) is 5.69. The molecule has 0 N–H and O–H groups in total. The topological polar surface area (TPSA) is 52.1 Å². The van der Waals surface area contributed by atoms with Crippen molar-refractivity contribution in [3.8, 4) is 27.7 Å². The molecule has 2 aromatic carbocycles. The minimum atomic E-state index is 0.0593. The van der Waals surface area contributed by atoms with Crippen molar-refractivity contribution in [3.63, 3.8) is 0 Å². The van der Waals surface area contributed by atoms with Crippen molar-refractivity contribution in [1.29, 1.82) is 0 Å². The number of nitrogens with zero attached hydrogens (tertiary/aromatic N) is 2. The summed E-state index contributed by atoms with van der Waals surface area (Å²) in [6.07, 6.45) is 1.68. The Morgan fingerprint density at radius 2 is 2.08 bits per heavy atom. The maximum Gasteiger partial charge on any atom is 0.173 e. The molecule has 0 aliphatic heterocycles. The Hall–Kier alpha value is -2.24. The number of hydrogen-bond acceptors (Lipinski definition) is 5. The third-order valence-electron chi connectivity index (χ3n) is 3.90. The van der Waals surface area contributed by atoms with E-state index in [1.54, 1.807) is 0 Å². The predicted molar refractivity (Wildman–Crippen MR) is 106 cm³/mol. The fourth-order valence-electron chi connectivity index (χ4n) is 2.75. The van der Waals surface area contributed by atoms with Crippen molar-refractivity contribution in [2.45, 2.75) is 33.3 Å². The van der Waals surface area contributed by atoms with E-state index in [0.717, 1.165) is 34.4 Å². The van der Waals surface area contributed by atoms with Gasteiger partial charge in [0.15, 0.2) is 5.82 Å². The van der Waals surface area contributed by atoms with Crippen LogP contribution in [0.2, 0.25) is 5.02 Å². The van der Waals surface area contributed by atoms with Gasteiger partial charge in [0, 0.05) is 16.7 Å². The molecule has 0 saturated heterocycles. The summed E-state index contributed by atoms with van der Waals surface area (Å²) in [6.45, 7) is 5.94. The Balaban J connectivity index is 1.96. The number of aldehydes is 1. The van der Waals surface area contributed by atoms with Crippen molar-refractivity contribution >= 4 is 29.4 Å². The molecule has 6 heteroatoms. The summed E-state index contributed by atoms with van der Waals surface area (Å²) in [4.78, 5) is 15.9. The van der Waals surface area contributed by atoms with Crippen molar-refractivity contribution in [2.24, 2.45) is 0 Å². The third-order valence-corrected chi connectivity index (χ3v) is 4.96. The van der Waals surface area contributed by atoms with Crippen LogP contribution in [0.1, 0.15) is 36.7 Å². The summed E-state index contributed by atoms with van der Waals surface area (Å²) in [5.41, 5.74) is 3.43. The van der Waals surface area contributed by atoms with E-state index in [4.69, 9.17) is 16.3 Å². The van der Waals surface area contributed by atoms with Crippen LogP contribution in [0.15, 0.2) is 36.4 Å². The van der Waals surface area contributed by atoms with Crippen molar-refractivity contribution in [2.75, 3.05) is 0 Å². The van der Waals surface area contributed by atoms with E-state index >= 15 is 0 Å². The summed E-state index contributed by atoms with van der Waals surface area (Å²) in [6, 6.07) is 11.2. The van der Waals surface area contributed by atoms with Crippen LogP contribution in [0.4, 0.5) is 0 Å². The summed E-state index contributed by atoms with van der Waals surface area (Å²) in [7, 11) is 0. The third kappa shape index (κ3) is 3.79. The second kappa shape index (κ2) is 7.98. The molecule has 3 rings (SSSR count). The predicted octanol–water partition coefficient (Wildman–Crippen LogP) is 5.69. The van der Waals surface area contributed by atoms with Crippen LogP contribution in [0.25, 0.3) is 22.0 Å². The number of benzene rings is 2. The summed E-state index contributed by atoms with van der Waals surface area (Å²) in [5, 5.41) is 1.32. The number of aromatic nitrogens is 2. The second-order valence-corrected chi connectivity index (χ2v) is 7.24. The molecule has 0 aliphatic rings. The van der Waals surface area contributed by atoms with Gasteiger partial charge in [-0.25, -0.2) is 4.98 Å². The van der Waals surface area contributed by atoms with Crippen LogP contribution in [0.5, 0.6) is 5.75 Å². The van der Waals surface area contributed by atoms with Gasteiger partial charge in [0.05, 0.1) is 11.1 Å². The highest BCUT2D eigenvalue weighted by atomic mass is 35.5. The lowest BCUT2D eigenvalue weighted by atomic mass is 9.99. The number of carbonyl (C=O) groups excluding carboxylic acids is 1. The molecular formula is C20H19ClN2O2S. The first-order valence-electron chi connectivity index (χ1n) is 8.41. The zero-order chi connectivity index (χ0) is 18.7. The molecular weight excluding hydrogens is 368 g/mol. The van der Waals surface area contributed by atoms with Crippen LogP contribution in [0, 0.1) is 0 Å². The molecule has 0 unspecified atom stereocenters. The van der Waals surface area contributed by atoms with E-state index in [1.165, 1.54) is 11.5 Å². The first-order chi connectivity index (χ1) is 12.5. The van der Waals surface area contributed by atoms with Crippen LogP contribution >= 0.6 is 23.1 Å². The molecule has 134 valence electrons. The largest absolute Gasteiger partial charge is 0.489 e. The number of hydrogen-bond donors (Lipinski definition) is 0. The van der Waals surface area contributed by atoms with Gasteiger partial charge in [-0.05, 0) is 55.6 Å². The van der Waals surface area contributed by atoms with Gasteiger partial charge in [-0.1, -0.05) is 36.7 Å². The van der Waals surface area contributed by atoms with Gasteiger partial charge in [0.2, 0.25) is 0 Å². The SMILES string of the molecule is CCc1c(C=O)cccc1-c1nsc(-c2ccc(OC(C)C)c(Cl)c2)n1. The van der Waals surface area contributed by atoms with E-state index in [-0.39, 0.29) is 6.10 Å². The first-order valence-corrected chi connectivity index (χ1v) is 9.56. The lowest BCUT2D eigenvalue weighted by molar-refractivity contribution is 0.112. The molecule has 26 heavy (non-hydrogen) atoms. The van der Waals surface area contributed by atoms with E-state index < -0.39 is 0 Å². The quantitative estimate of drug-likeness (QED) is 0.511. The van der Waals surface area contributed by atoms with Gasteiger partial charge in [-0.3, -0.25) is 4.79 Å². The normalized spacial score (nSPS) is 11.0. The summed E-state index contributed by atoms with van der Waals surface area (Å²) in [5.74, 6) is 1.28. The highest BCUT2D eigenvalue weighted by Crippen LogP contribution is 2.33. The zero-order valence-corrected chi connectivity index (χ0v) is 16.4. The Labute approximate surface area is 162 Å². The number of carbonyl (C=O) groups is 1. The minimum absolute atomic E-state index is 0.0593. The molecule has 1 heterocycles. The van der Waals surface area contributed by atoms with E-state index in [1.807, 2.05) is 57.2 Å². The minimum Gasteiger partial charge on any atom is -0.489 e. The zero-order valence-electron chi connectivity index (χ0n) is 14.8. The molecule has 0 atom stereocenters. The van der Waals surface area contributed by atoms with Crippen LogP contribution in [0.3, 0.4) is 0 Å². The Morgan fingerprint density at radius 3 is 2.73 bits per heavy atom. The molecule has 4 nitrogen and oxygen atoms in total. The standard InChI is InChI=1S/C20H19ClN2O2S/c1-4-15-14(11-24)6-5-7-16(15)19-22-20(26-23-19)13-8-9-18(17(21)10-13)25-12(2)3/h5-12H,4H2,1-3H3. The van der Waals surface area contributed by atoms with Gasteiger partial charge in [-0.2, -0.15) is 4.37 Å². The maximum absolute atomic E-state index is 11.3. The molecule has 0 amide bonds. The van der Waals surface area contributed by atoms with E-state index in [2.05, 4.69) is 9.36 Å². The van der Waals surface area contributed by atoms with E-state index in [9.17, 15) is 4.79 Å². The molecule has 3 aromatic rings. The Bertz CT molecular complexity index is 937. The summed E-state index contributed by atoms with van der Waals surface area (Å²) < 4.78 is 10.2. The number of rotatable bonds is 6. The van der Waals surface area contributed by atoms with Gasteiger partial charge in [0.1, 0.15) is 17.0 Å². The number of ether oxygens (including phenoxy) is 1. The fourth-order valence-corrected chi connectivity index (χ4v) is 3.65. The first kappa shape index (κ1) is 18.5. The van der Waals surface area contributed by atoms with Gasteiger partial charge in [0.25, 0.3) is 0 Å². The molecule has 0 radical (unpaired) electrons. The van der Waals surface area contributed by atoms with Crippen molar-refractivity contribution < 1.29 is 9.53 Å². The van der Waals surface area contributed by atoms with Gasteiger partial charge in [-0.15, -0.1) is 0 Å². The number of halogens is 1. The second-order valence-electron chi connectivity index (χ2n) is 6.08. The Morgan fingerprint density at radius 1 is 1.27 bits per heavy atom. The van der Waals surface area contributed by atoms with Gasteiger partial charge < -0.3 is 4.74 Å². The molecule has 0 saturated carbocycles. The maximum atomic E-state index is 11.3. The highest BCUT2D eigenvalue weighted by molar-refractivity contribution is 7.09. The smallest absolute Gasteiger partial charge is 0.173 e. The van der Waals surface area contributed by atoms with Crippen molar-refractivity contribution in [1.82, 2.24) is 9.36 Å². The van der Waals surface area contributed by atoms with Crippen LogP contribution in [-0.4, -0.2) is 21.7 Å². The van der Waals surface area contributed by atoms with Gasteiger partial charge >= 0.3 is 0 Å². The van der Waals surface area contributed by atoms with Crippen LogP contribution < -0.4 is 4.74 Å². The van der Waals surface area contributed by atoms with Crippen LogP contribution in [-0.2, 0) is 6.42 Å². The van der Waals surface area contributed by atoms with E-state index in [0.29, 0.717) is 22.2 Å². The fraction of sp³-hybridized carbons (Fsp3) is 0.250. The van der Waals surface area contributed by atoms with Crippen molar-refractivity contribution in [3.05, 3.63) is 52.5 Å². The molecule has 0 fully saturated rings. The molecule has 1 aromatic heterocycles. The average molecular weight is 387 g/mol. The highest BCUT2D eigenvalue weighted by Gasteiger charge is 2.15. The molecule has 0 aliphatic carbocycles.